The summed E-state index contributed by atoms with van der Waals surface area (Å²) in [4.78, 5) is 2.29. The van der Waals surface area contributed by atoms with Crippen LogP contribution in [0.4, 0.5) is 5.69 Å². The molecule has 0 amide bonds. The fourth-order valence-electron chi connectivity index (χ4n) is 3.82. The van der Waals surface area contributed by atoms with Crippen molar-refractivity contribution in [2.45, 2.75) is 46.5 Å². The second kappa shape index (κ2) is 8.52. The third-order valence-electron chi connectivity index (χ3n) is 5.27. The molecule has 0 N–H and O–H groups in total. The average molecular weight is 373 g/mol. The van der Waals surface area contributed by atoms with Crippen molar-refractivity contribution >= 4 is 22.3 Å². The lowest BCUT2D eigenvalue weighted by Gasteiger charge is -2.29. The molecular weight excluding hydrogens is 340 g/mol. The number of allylic oxidation sites excluding steroid dienone is 2. The number of benzene rings is 2. The maximum absolute atomic E-state index is 4.29. The molecule has 2 nitrogen and oxygen atoms in total. The zero-order valence-electron chi connectivity index (χ0n) is 17.9. The van der Waals surface area contributed by atoms with Gasteiger partial charge in [0.2, 0.25) is 0 Å². The van der Waals surface area contributed by atoms with E-state index < -0.39 is 0 Å². The Morgan fingerprint density at radius 1 is 1.11 bits per heavy atom. The van der Waals surface area contributed by atoms with Crippen LogP contribution in [0.5, 0.6) is 0 Å². The first-order chi connectivity index (χ1) is 13.6. The van der Waals surface area contributed by atoms with Crippen LogP contribution in [0.2, 0.25) is 0 Å². The highest BCUT2D eigenvalue weighted by atomic mass is 15.2. The van der Waals surface area contributed by atoms with Crippen molar-refractivity contribution in [3.8, 4) is 0 Å². The molecule has 0 radical (unpaired) electrons. The molecule has 1 saturated carbocycles. The summed E-state index contributed by atoms with van der Waals surface area (Å²) in [6.07, 6.45) is 6.96. The first-order valence-corrected chi connectivity index (χ1v) is 10.4. The van der Waals surface area contributed by atoms with Crippen LogP contribution in [0.15, 0.2) is 73.1 Å². The summed E-state index contributed by atoms with van der Waals surface area (Å²) in [6.45, 7) is 12.5. The zero-order valence-corrected chi connectivity index (χ0v) is 17.9. The van der Waals surface area contributed by atoms with E-state index in [0.29, 0.717) is 0 Å². The molecule has 0 bridgehead atoms. The monoisotopic (exact) mass is 372 g/mol. The topological polar surface area (TPSA) is 8.17 Å². The molecule has 0 spiro atoms. The molecular formula is C26H32N2. The van der Waals surface area contributed by atoms with Crippen molar-refractivity contribution in [2.24, 2.45) is 7.05 Å². The number of fused-ring (bicyclic) bond motifs is 1. The van der Waals surface area contributed by atoms with Crippen LogP contribution in [-0.4, -0.2) is 4.57 Å². The van der Waals surface area contributed by atoms with Crippen LogP contribution >= 0.6 is 0 Å². The normalized spacial score (nSPS) is 13.8. The molecule has 1 aliphatic carbocycles. The molecule has 1 fully saturated rings. The van der Waals surface area contributed by atoms with Crippen LogP contribution in [0.3, 0.4) is 0 Å². The fourth-order valence-corrected chi connectivity index (χ4v) is 3.82. The first-order valence-electron chi connectivity index (χ1n) is 10.4. The van der Waals surface area contributed by atoms with Crippen LogP contribution in [-0.2, 0) is 7.05 Å². The number of aryl methyl sites for hydroxylation is 1. The Balaban J connectivity index is 0.00000109. The van der Waals surface area contributed by atoms with Gasteiger partial charge in [0.1, 0.15) is 0 Å². The number of nitrogens with zero attached hydrogens (tertiary/aromatic N) is 2. The van der Waals surface area contributed by atoms with Gasteiger partial charge in [-0.05, 0) is 68.0 Å². The molecule has 2 aromatic carbocycles. The molecule has 146 valence electrons. The summed E-state index contributed by atoms with van der Waals surface area (Å²) in [7, 11) is 2.09. The van der Waals surface area contributed by atoms with Crippen molar-refractivity contribution in [3.05, 3.63) is 84.2 Å². The predicted octanol–water partition coefficient (Wildman–Crippen LogP) is 7.48. The van der Waals surface area contributed by atoms with Gasteiger partial charge in [-0.3, -0.25) is 0 Å². The highest BCUT2D eigenvalue weighted by Crippen LogP contribution is 2.42. The molecule has 3 aromatic rings. The minimum Gasteiger partial charge on any atom is -0.350 e. The van der Waals surface area contributed by atoms with Gasteiger partial charge in [0.05, 0.1) is 5.69 Å². The standard InChI is InChI=1S/C24H26N2.C2H6/c1-5-22(20-9-6-8-19(16-20)18-12-13-18)26(17(2)3)24-11-7-10-23-21(24)14-15-25(23)4;1-2/h5-11,14-16,18H,2,12-13H2,1,3-4H3;1-2H3/b22-5-;. The summed E-state index contributed by atoms with van der Waals surface area (Å²) in [5, 5.41) is 1.25. The largest absolute Gasteiger partial charge is 0.350 e. The molecule has 1 heterocycles. The van der Waals surface area contributed by atoms with Gasteiger partial charge >= 0.3 is 0 Å². The molecule has 1 aliphatic rings. The third kappa shape index (κ3) is 3.77. The molecule has 1 aromatic heterocycles. The van der Waals surface area contributed by atoms with Crippen molar-refractivity contribution in [1.29, 1.82) is 0 Å². The zero-order chi connectivity index (χ0) is 20.3. The lowest BCUT2D eigenvalue weighted by Crippen LogP contribution is -2.19. The van der Waals surface area contributed by atoms with E-state index in [-0.39, 0.29) is 0 Å². The molecule has 4 rings (SSSR count). The molecule has 0 atom stereocenters. The first kappa shape index (κ1) is 20.0. The van der Waals surface area contributed by atoms with Gasteiger partial charge in [-0.15, -0.1) is 0 Å². The smallest absolute Gasteiger partial charge is 0.0552 e. The fraction of sp³-hybridized carbons (Fsp3) is 0.308. The number of aromatic nitrogens is 1. The van der Waals surface area contributed by atoms with E-state index in [1.807, 2.05) is 13.8 Å². The van der Waals surface area contributed by atoms with Crippen molar-refractivity contribution < 1.29 is 0 Å². The highest BCUT2D eigenvalue weighted by molar-refractivity contribution is 5.98. The summed E-state index contributed by atoms with van der Waals surface area (Å²) in [6, 6.07) is 17.7. The van der Waals surface area contributed by atoms with E-state index in [1.165, 1.54) is 46.3 Å². The van der Waals surface area contributed by atoms with Gasteiger partial charge in [0, 0.05) is 35.5 Å². The Kier molecular flexibility index (Phi) is 6.08. The predicted molar refractivity (Wildman–Crippen MR) is 124 cm³/mol. The minimum absolute atomic E-state index is 0.754. The van der Waals surface area contributed by atoms with Gasteiger partial charge < -0.3 is 9.47 Å². The van der Waals surface area contributed by atoms with Crippen molar-refractivity contribution in [1.82, 2.24) is 4.57 Å². The second-order valence-corrected chi connectivity index (χ2v) is 7.28. The second-order valence-electron chi connectivity index (χ2n) is 7.28. The van der Waals surface area contributed by atoms with Gasteiger partial charge in [0.25, 0.3) is 0 Å². The van der Waals surface area contributed by atoms with E-state index in [9.17, 15) is 0 Å². The van der Waals surface area contributed by atoms with Crippen molar-refractivity contribution in [2.75, 3.05) is 4.90 Å². The highest BCUT2D eigenvalue weighted by Gasteiger charge is 2.24. The summed E-state index contributed by atoms with van der Waals surface area (Å²) < 4.78 is 2.17. The maximum Gasteiger partial charge on any atom is 0.0552 e. The maximum atomic E-state index is 4.29. The van der Waals surface area contributed by atoms with Gasteiger partial charge in [-0.2, -0.15) is 0 Å². The molecule has 0 aliphatic heterocycles. The number of rotatable bonds is 5. The number of anilines is 1. The van der Waals surface area contributed by atoms with Crippen LogP contribution in [0.1, 0.15) is 57.6 Å². The Hall–Kier alpha value is -2.74. The third-order valence-corrected chi connectivity index (χ3v) is 5.27. The van der Waals surface area contributed by atoms with Gasteiger partial charge in [-0.25, -0.2) is 0 Å². The summed E-state index contributed by atoms with van der Waals surface area (Å²) in [5.74, 6) is 0.754. The van der Waals surface area contributed by atoms with E-state index in [1.54, 1.807) is 0 Å². The quantitative estimate of drug-likeness (QED) is 0.450. The van der Waals surface area contributed by atoms with Crippen LogP contribution in [0.25, 0.3) is 16.6 Å². The summed E-state index contributed by atoms with van der Waals surface area (Å²) in [5.41, 5.74) is 7.34. The van der Waals surface area contributed by atoms with Crippen molar-refractivity contribution in [3.63, 3.8) is 0 Å². The van der Waals surface area contributed by atoms with E-state index in [4.69, 9.17) is 0 Å². The Morgan fingerprint density at radius 3 is 2.46 bits per heavy atom. The minimum atomic E-state index is 0.754. The SMILES string of the molecule is C=C(C)N(/C(=C\C)c1cccc(C2CC2)c1)c1cccc2c1ccn2C.CC. The Labute approximate surface area is 169 Å². The lowest BCUT2D eigenvalue weighted by atomic mass is 10.0. The molecule has 0 saturated heterocycles. The summed E-state index contributed by atoms with van der Waals surface area (Å²) >= 11 is 0. The molecule has 2 heteroatoms. The van der Waals surface area contributed by atoms with E-state index in [0.717, 1.165) is 11.6 Å². The van der Waals surface area contributed by atoms with Crippen LogP contribution in [0, 0.1) is 0 Å². The lowest BCUT2D eigenvalue weighted by molar-refractivity contribution is 0.969. The number of hydrogen-bond acceptors (Lipinski definition) is 1. The Bertz CT molecular complexity index is 1000. The Morgan fingerprint density at radius 2 is 1.82 bits per heavy atom. The van der Waals surface area contributed by atoms with E-state index >= 15 is 0 Å². The van der Waals surface area contributed by atoms with Gasteiger partial charge in [0.15, 0.2) is 0 Å². The number of hydrogen-bond donors (Lipinski definition) is 0. The average Bonchev–Trinajstić information content (AvgIpc) is 3.51. The molecule has 0 unspecified atom stereocenters. The van der Waals surface area contributed by atoms with Crippen LogP contribution < -0.4 is 4.90 Å². The molecule has 28 heavy (non-hydrogen) atoms. The van der Waals surface area contributed by atoms with Gasteiger partial charge in [-0.1, -0.05) is 50.8 Å². The van der Waals surface area contributed by atoms with E-state index in [2.05, 4.69) is 97.7 Å².